The monoisotopic (exact) mass is 903 g/mol. The van der Waals surface area contributed by atoms with Gasteiger partial charge in [0.1, 0.15) is 17.3 Å². The molecule has 2 heterocycles. The van der Waals surface area contributed by atoms with Crippen LogP contribution in [0.5, 0.6) is 5.75 Å². The van der Waals surface area contributed by atoms with E-state index in [1.807, 2.05) is 6.07 Å². The number of hydrogen-bond donors (Lipinski definition) is 1. The third kappa shape index (κ3) is 6.88. The van der Waals surface area contributed by atoms with Crippen LogP contribution in [0.3, 0.4) is 0 Å². The summed E-state index contributed by atoms with van der Waals surface area (Å²) in [6, 6.07) is 38.5. The van der Waals surface area contributed by atoms with Crippen LogP contribution in [0.4, 0.5) is 0 Å². The first kappa shape index (κ1) is 38.5. The van der Waals surface area contributed by atoms with Gasteiger partial charge >= 0.3 is 0 Å². The molecule has 5 heteroatoms. The largest absolute Gasteiger partial charge is 0.507 e. The fourth-order valence-electron chi connectivity index (χ4n) is 8.43. The molecule has 0 atom stereocenters. The van der Waals surface area contributed by atoms with Crippen molar-refractivity contribution >= 4 is 10.8 Å². The van der Waals surface area contributed by atoms with Crippen LogP contribution in [0, 0.1) is 6.07 Å². The second kappa shape index (κ2) is 15.4. The molecule has 5 aromatic carbocycles. The van der Waals surface area contributed by atoms with E-state index in [2.05, 4.69) is 157 Å². The summed E-state index contributed by atoms with van der Waals surface area (Å²) in [5.41, 5.74) is 15.4. The van der Waals surface area contributed by atoms with Gasteiger partial charge in [0.15, 0.2) is 0 Å². The molecule has 55 heavy (non-hydrogen) atoms. The summed E-state index contributed by atoms with van der Waals surface area (Å²) in [6.07, 6.45) is 3.96. The van der Waals surface area contributed by atoms with Gasteiger partial charge in [0, 0.05) is 32.8 Å². The van der Waals surface area contributed by atoms with Crippen LogP contribution < -0.4 is 0 Å². The van der Waals surface area contributed by atoms with Crippen LogP contribution in [0.15, 0.2) is 103 Å². The van der Waals surface area contributed by atoms with Crippen molar-refractivity contribution in [3.8, 4) is 56.6 Å². The summed E-state index contributed by atoms with van der Waals surface area (Å²) >= 11 is 0. The third-order valence-corrected chi connectivity index (χ3v) is 11.2. The molecule has 0 fully saturated rings. The molecule has 0 spiro atoms. The Morgan fingerprint density at radius 3 is 1.84 bits per heavy atom. The van der Waals surface area contributed by atoms with E-state index in [0.29, 0.717) is 23.7 Å². The number of phenols is 1. The van der Waals surface area contributed by atoms with E-state index in [1.54, 1.807) is 6.07 Å². The number of fused-ring (bicyclic) bond motifs is 4. The normalized spacial score (nSPS) is 12.4. The molecule has 1 N–H and O–H groups in total. The minimum atomic E-state index is 0. The summed E-state index contributed by atoms with van der Waals surface area (Å²) in [4.78, 5) is 10.8. The van der Waals surface area contributed by atoms with Crippen molar-refractivity contribution in [1.82, 2.24) is 14.5 Å². The van der Waals surface area contributed by atoms with Crippen LogP contribution in [0.25, 0.3) is 61.6 Å². The second-order valence-electron chi connectivity index (χ2n) is 16.2. The zero-order chi connectivity index (χ0) is 37.8. The van der Waals surface area contributed by atoms with Crippen LogP contribution >= 0.6 is 0 Å². The molecule has 0 saturated heterocycles. The van der Waals surface area contributed by atoms with Crippen molar-refractivity contribution in [3.63, 3.8) is 0 Å². The predicted molar refractivity (Wildman–Crippen MR) is 225 cm³/mol. The van der Waals surface area contributed by atoms with E-state index >= 15 is 0 Å². The fraction of sp³-hybridized carbons (Fsp3) is 0.280. The van der Waals surface area contributed by atoms with Crippen molar-refractivity contribution in [2.45, 2.75) is 91.9 Å². The summed E-state index contributed by atoms with van der Waals surface area (Å²) in [7, 11) is 0. The summed E-state index contributed by atoms with van der Waals surface area (Å²) in [6.45, 7) is 18.2. The molecular formula is C50H50N3OPt-. The van der Waals surface area contributed by atoms with Gasteiger partial charge in [-0.3, -0.25) is 0 Å². The fourth-order valence-corrected chi connectivity index (χ4v) is 8.43. The number of pyridine rings is 1. The first-order valence-corrected chi connectivity index (χ1v) is 19.6. The van der Waals surface area contributed by atoms with Crippen molar-refractivity contribution in [2.75, 3.05) is 0 Å². The first-order valence-electron chi connectivity index (χ1n) is 19.6. The molecule has 7 aromatic rings. The van der Waals surface area contributed by atoms with E-state index in [4.69, 9.17) is 9.97 Å². The van der Waals surface area contributed by atoms with Gasteiger partial charge in [0.05, 0.1) is 17.1 Å². The molecule has 0 amide bonds. The molecule has 282 valence electrons. The first-order chi connectivity index (χ1) is 26.0. The van der Waals surface area contributed by atoms with Crippen LogP contribution in [-0.2, 0) is 33.9 Å². The summed E-state index contributed by atoms with van der Waals surface area (Å²) in [5.74, 6) is 2.48. The maximum absolute atomic E-state index is 11.0. The van der Waals surface area contributed by atoms with Gasteiger partial charge in [0.25, 0.3) is 0 Å². The van der Waals surface area contributed by atoms with Crippen molar-refractivity contribution in [3.05, 3.63) is 143 Å². The number of rotatable bonds is 8. The van der Waals surface area contributed by atoms with Crippen LogP contribution in [-0.4, -0.2) is 19.6 Å². The SMILES string of the molecule is CC(C)c1cccc(C(C)C)c1-c1[c-]c2c(-c3nc(-c4ccc5c(n4)-c4c(O)cccc4CC5)cn3-c3c(C(C)C)cccc3C(C)C)cccc2cc1.[Pt]. The minimum Gasteiger partial charge on any atom is -0.507 e. The standard InChI is InChI=1S/C50H50N3O.Pt/c1-29(2)37-15-11-16-38(30(3)4)46(37)36-24-21-33-13-9-19-41(42(33)27-36)50-52-44(28-53(50)49-39(31(5)6)17-12-18-40(49)32(7)8)43-26-25-35-23-22-34-14-10-20-45(54)47(34)48(35)51-43;/h9-21,24-26,28-32,54H,22-23H2,1-8H3;/q-1;. The molecule has 1 aliphatic carbocycles. The number of aromatic nitrogens is 3. The Morgan fingerprint density at radius 2 is 1.18 bits per heavy atom. The average molecular weight is 904 g/mol. The summed E-state index contributed by atoms with van der Waals surface area (Å²) < 4.78 is 2.32. The molecule has 2 aromatic heterocycles. The molecule has 8 rings (SSSR count). The smallest absolute Gasteiger partial charge is 0.125 e. The summed E-state index contributed by atoms with van der Waals surface area (Å²) in [5, 5.41) is 13.2. The number of para-hydroxylation sites is 1. The molecule has 0 aliphatic heterocycles. The molecule has 0 bridgehead atoms. The molecule has 1 aliphatic rings. The predicted octanol–water partition coefficient (Wildman–Crippen LogP) is 13.2. The topological polar surface area (TPSA) is 50.9 Å². The Bertz CT molecular complexity index is 2490. The molecule has 0 saturated carbocycles. The number of imidazole rings is 1. The number of aromatic hydroxyl groups is 1. The minimum absolute atomic E-state index is 0. The van der Waals surface area contributed by atoms with E-state index in [0.717, 1.165) is 74.3 Å². The molecule has 0 unspecified atom stereocenters. The average Bonchev–Trinajstić information content (AvgIpc) is 3.61. The van der Waals surface area contributed by atoms with Crippen LogP contribution in [0.2, 0.25) is 0 Å². The van der Waals surface area contributed by atoms with E-state index in [1.165, 1.54) is 33.5 Å². The van der Waals surface area contributed by atoms with E-state index < -0.39 is 0 Å². The Morgan fingerprint density at radius 1 is 0.582 bits per heavy atom. The van der Waals surface area contributed by atoms with Crippen molar-refractivity contribution < 1.29 is 26.2 Å². The second-order valence-corrected chi connectivity index (χ2v) is 16.2. The van der Waals surface area contributed by atoms with E-state index in [9.17, 15) is 5.11 Å². The number of benzene rings is 5. The van der Waals surface area contributed by atoms with Crippen molar-refractivity contribution in [2.24, 2.45) is 0 Å². The van der Waals surface area contributed by atoms with Gasteiger partial charge in [-0.15, -0.1) is 29.1 Å². The van der Waals surface area contributed by atoms with Crippen molar-refractivity contribution in [1.29, 1.82) is 0 Å². The maximum Gasteiger partial charge on any atom is 0.125 e. The Hall–Kier alpha value is -4.79. The number of nitrogens with zero attached hydrogens (tertiary/aromatic N) is 3. The quantitative estimate of drug-likeness (QED) is 0.155. The maximum atomic E-state index is 11.0. The van der Waals surface area contributed by atoms with Gasteiger partial charge in [-0.2, -0.15) is 0 Å². The zero-order valence-electron chi connectivity index (χ0n) is 33.1. The molecule has 0 radical (unpaired) electrons. The number of aryl methyl sites for hydroxylation is 2. The molecule has 4 nitrogen and oxygen atoms in total. The van der Waals surface area contributed by atoms with Gasteiger partial charge in [-0.25, -0.2) is 9.97 Å². The Labute approximate surface area is 341 Å². The van der Waals surface area contributed by atoms with Crippen LogP contribution in [0.1, 0.15) is 112 Å². The Balaban J connectivity index is 0.00000465. The number of hydrogen-bond acceptors (Lipinski definition) is 3. The number of phenolic OH excluding ortho intramolecular Hbond substituents is 1. The van der Waals surface area contributed by atoms with Gasteiger partial charge in [-0.05, 0) is 76.5 Å². The molecular weight excluding hydrogens is 854 g/mol. The van der Waals surface area contributed by atoms with Gasteiger partial charge in [-0.1, -0.05) is 150 Å². The van der Waals surface area contributed by atoms with E-state index in [-0.39, 0.29) is 26.8 Å². The third-order valence-electron chi connectivity index (χ3n) is 11.2. The Kier molecular flexibility index (Phi) is 10.8. The van der Waals surface area contributed by atoms with Gasteiger partial charge < -0.3 is 9.67 Å². The zero-order valence-corrected chi connectivity index (χ0v) is 35.4. The van der Waals surface area contributed by atoms with Gasteiger partial charge in [0.2, 0.25) is 0 Å².